The zero-order valence-corrected chi connectivity index (χ0v) is 12.3. The number of fused-ring (bicyclic) bond motifs is 1. The number of aromatic nitrogens is 4. The van der Waals surface area contributed by atoms with Gasteiger partial charge in [0.25, 0.3) is 0 Å². The number of hydrogen-bond donors (Lipinski definition) is 0. The number of pyridine rings is 2. The summed E-state index contributed by atoms with van der Waals surface area (Å²) in [6, 6.07) is 5.83. The van der Waals surface area contributed by atoms with Crippen LogP contribution in [0.5, 0.6) is 5.88 Å². The van der Waals surface area contributed by atoms with E-state index in [1.807, 2.05) is 25.1 Å². The van der Waals surface area contributed by atoms with Crippen molar-refractivity contribution in [2.45, 2.75) is 13.5 Å². The monoisotopic (exact) mass is 330 g/mol. The van der Waals surface area contributed by atoms with Gasteiger partial charge in [-0.15, -0.1) is 0 Å². The Morgan fingerprint density at radius 3 is 2.80 bits per heavy atom. The van der Waals surface area contributed by atoms with Gasteiger partial charge in [-0.25, -0.2) is 15.0 Å². The first-order valence-corrected chi connectivity index (χ1v) is 6.82. The van der Waals surface area contributed by atoms with Crippen LogP contribution in [0.3, 0.4) is 0 Å². The first-order chi connectivity index (χ1) is 9.72. The molecule has 0 unspecified atom stereocenters. The standard InChI is InChI=1S/C14H11BrN4O/c1-9-2-3-10(5-16-9)7-20-14-12-4-11(15)6-17-13(12)18-8-19-14/h2-6,8H,7H2,1H3. The highest BCUT2D eigenvalue weighted by molar-refractivity contribution is 9.10. The molecule has 3 aromatic heterocycles. The Kier molecular flexibility index (Phi) is 3.56. The summed E-state index contributed by atoms with van der Waals surface area (Å²) >= 11 is 3.39. The van der Waals surface area contributed by atoms with Crippen molar-refractivity contribution in [3.05, 3.63) is 52.7 Å². The van der Waals surface area contributed by atoms with Crippen LogP contribution >= 0.6 is 15.9 Å². The summed E-state index contributed by atoms with van der Waals surface area (Å²) in [5, 5.41) is 0.780. The fraction of sp³-hybridized carbons (Fsp3) is 0.143. The van der Waals surface area contributed by atoms with Crippen LogP contribution in [-0.2, 0) is 6.61 Å². The highest BCUT2D eigenvalue weighted by Gasteiger charge is 2.07. The van der Waals surface area contributed by atoms with Gasteiger partial charge in [0.15, 0.2) is 5.65 Å². The Morgan fingerprint density at radius 1 is 1.10 bits per heavy atom. The molecule has 0 bridgehead atoms. The second-order valence-electron chi connectivity index (χ2n) is 4.30. The van der Waals surface area contributed by atoms with Crippen LogP contribution < -0.4 is 4.74 Å². The van der Waals surface area contributed by atoms with Crippen LogP contribution in [0.2, 0.25) is 0 Å². The Labute approximate surface area is 124 Å². The minimum Gasteiger partial charge on any atom is -0.472 e. The van der Waals surface area contributed by atoms with Gasteiger partial charge in [-0.2, -0.15) is 0 Å². The highest BCUT2D eigenvalue weighted by atomic mass is 79.9. The topological polar surface area (TPSA) is 60.8 Å². The fourth-order valence-electron chi connectivity index (χ4n) is 1.75. The lowest BCUT2D eigenvalue weighted by atomic mass is 10.3. The number of rotatable bonds is 3. The van der Waals surface area contributed by atoms with Crippen LogP contribution in [-0.4, -0.2) is 19.9 Å². The molecule has 0 aromatic carbocycles. The van der Waals surface area contributed by atoms with Crippen LogP contribution in [0.15, 0.2) is 41.4 Å². The molecule has 0 amide bonds. The van der Waals surface area contributed by atoms with Gasteiger partial charge < -0.3 is 4.74 Å². The van der Waals surface area contributed by atoms with Gasteiger partial charge in [-0.05, 0) is 35.0 Å². The lowest BCUT2D eigenvalue weighted by molar-refractivity contribution is 0.297. The van der Waals surface area contributed by atoms with E-state index in [-0.39, 0.29) is 0 Å². The number of hydrogen-bond acceptors (Lipinski definition) is 5. The van der Waals surface area contributed by atoms with Crippen LogP contribution in [0, 0.1) is 6.92 Å². The quantitative estimate of drug-likeness (QED) is 0.738. The highest BCUT2D eigenvalue weighted by Crippen LogP contribution is 2.23. The molecule has 5 nitrogen and oxygen atoms in total. The predicted molar refractivity (Wildman–Crippen MR) is 78.3 cm³/mol. The van der Waals surface area contributed by atoms with E-state index in [0.717, 1.165) is 21.1 Å². The minimum atomic E-state index is 0.409. The Balaban J connectivity index is 1.87. The number of ether oxygens (including phenoxy) is 1. The number of aryl methyl sites for hydroxylation is 1. The van der Waals surface area contributed by atoms with Crippen molar-refractivity contribution in [2.75, 3.05) is 0 Å². The molecule has 3 rings (SSSR count). The smallest absolute Gasteiger partial charge is 0.226 e. The van der Waals surface area contributed by atoms with Crippen molar-refractivity contribution in [1.82, 2.24) is 19.9 Å². The van der Waals surface area contributed by atoms with Gasteiger partial charge in [0.2, 0.25) is 5.88 Å². The molecule has 0 aliphatic carbocycles. The SMILES string of the molecule is Cc1ccc(COc2ncnc3ncc(Br)cc23)cn1. The van der Waals surface area contributed by atoms with E-state index in [4.69, 9.17) is 4.74 Å². The molecule has 0 radical (unpaired) electrons. The average molecular weight is 331 g/mol. The van der Waals surface area contributed by atoms with E-state index in [1.54, 1.807) is 12.4 Å². The largest absolute Gasteiger partial charge is 0.472 e. The zero-order chi connectivity index (χ0) is 13.9. The third-order valence-corrected chi connectivity index (χ3v) is 3.20. The lowest BCUT2D eigenvalue weighted by Crippen LogP contribution is -2.00. The van der Waals surface area contributed by atoms with Gasteiger partial charge in [0.1, 0.15) is 12.9 Å². The van der Waals surface area contributed by atoms with E-state index in [0.29, 0.717) is 18.1 Å². The number of nitrogens with zero attached hydrogens (tertiary/aromatic N) is 4. The third kappa shape index (κ3) is 2.75. The molecule has 0 spiro atoms. The fourth-order valence-corrected chi connectivity index (χ4v) is 2.08. The van der Waals surface area contributed by atoms with Crippen molar-refractivity contribution >= 4 is 27.0 Å². The van der Waals surface area contributed by atoms with Crippen molar-refractivity contribution in [2.24, 2.45) is 0 Å². The molecule has 0 atom stereocenters. The van der Waals surface area contributed by atoms with E-state index >= 15 is 0 Å². The van der Waals surface area contributed by atoms with Crippen LogP contribution in [0.25, 0.3) is 11.0 Å². The summed E-state index contributed by atoms with van der Waals surface area (Å²) in [5.74, 6) is 0.518. The molecule has 0 saturated carbocycles. The molecule has 3 heterocycles. The maximum atomic E-state index is 5.75. The summed E-state index contributed by atoms with van der Waals surface area (Å²) in [4.78, 5) is 16.7. The predicted octanol–water partition coefficient (Wildman–Crippen LogP) is 3.07. The molecule has 20 heavy (non-hydrogen) atoms. The molecule has 0 aliphatic heterocycles. The van der Waals surface area contributed by atoms with Gasteiger partial charge >= 0.3 is 0 Å². The summed E-state index contributed by atoms with van der Waals surface area (Å²) in [6.07, 6.45) is 4.95. The second kappa shape index (κ2) is 5.50. The molecule has 100 valence electrons. The number of halogens is 1. The lowest BCUT2D eigenvalue weighted by Gasteiger charge is -2.07. The maximum Gasteiger partial charge on any atom is 0.226 e. The van der Waals surface area contributed by atoms with Crippen molar-refractivity contribution in [3.8, 4) is 5.88 Å². The Morgan fingerprint density at radius 2 is 2.00 bits per heavy atom. The van der Waals surface area contributed by atoms with Crippen LogP contribution in [0.4, 0.5) is 0 Å². The molecule has 6 heteroatoms. The van der Waals surface area contributed by atoms with E-state index in [9.17, 15) is 0 Å². The van der Waals surface area contributed by atoms with E-state index in [1.165, 1.54) is 6.33 Å². The molecule has 0 aliphatic rings. The van der Waals surface area contributed by atoms with Gasteiger partial charge in [-0.1, -0.05) is 6.07 Å². The second-order valence-corrected chi connectivity index (χ2v) is 5.22. The normalized spacial score (nSPS) is 10.7. The molecule has 0 saturated heterocycles. The average Bonchev–Trinajstić information content (AvgIpc) is 2.47. The van der Waals surface area contributed by atoms with Crippen LogP contribution in [0.1, 0.15) is 11.3 Å². The first-order valence-electron chi connectivity index (χ1n) is 6.03. The van der Waals surface area contributed by atoms with Crippen molar-refractivity contribution < 1.29 is 4.74 Å². The summed E-state index contributed by atoms with van der Waals surface area (Å²) in [6.45, 7) is 2.36. The van der Waals surface area contributed by atoms with E-state index in [2.05, 4.69) is 35.9 Å². The Bertz CT molecular complexity index is 746. The van der Waals surface area contributed by atoms with Gasteiger partial charge in [0.05, 0.1) is 5.39 Å². The molecule has 3 aromatic rings. The summed E-state index contributed by atoms with van der Waals surface area (Å²) in [5.41, 5.74) is 2.58. The van der Waals surface area contributed by atoms with E-state index < -0.39 is 0 Å². The van der Waals surface area contributed by atoms with Crippen molar-refractivity contribution in [1.29, 1.82) is 0 Å². The molecule has 0 fully saturated rings. The first kappa shape index (κ1) is 12.9. The zero-order valence-electron chi connectivity index (χ0n) is 10.7. The molecule has 0 N–H and O–H groups in total. The molecular weight excluding hydrogens is 320 g/mol. The van der Waals surface area contributed by atoms with Crippen molar-refractivity contribution in [3.63, 3.8) is 0 Å². The maximum absolute atomic E-state index is 5.75. The molecular formula is C14H11BrN4O. The minimum absolute atomic E-state index is 0.409. The Hall–Kier alpha value is -2.08. The van der Waals surface area contributed by atoms with Gasteiger partial charge in [-0.3, -0.25) is 4.98 Å². The van der Waals surface area contributed by atoms with Gasteiger partial charge in [0, 0.05) is 28.1 Å². The third-order valence-electron chi connectivity index (χ3n) is 2.77. The summed E-state index contributed by atoms with van der Waals surface area (Å²) < 4.78 is 6.61. The summed E-state index contributed by atoms with van der Waals surface area (Å²) in [7, 11) is 0.